The van der Waals surface area contributed by atoms with Crippen molar-refractivity contribution in [2.45, 2.75) is 50.5 Å². The Kier molecular flexibility index (Phi) is 6.63. The second kappa shape index (κ2) is 9.36. The Morgan fingerprint density at radius 2 is 1.81 bits per heavy atom. The Morgan fingerprint density at radius 3 is 2.50 bits per heavy atom. The summed E-state index contributed by atoms with van der Waals surface area (Å²) in [5.41, 5.74) is 1.70. The van der Waals surface area contributed by atoms with Crippen molar-refractivity contribution in [1.29, 1.82) is 0 Å². The first-order chi connectivity index (χ1) is 12.8. The largest absolute Gasteiger partial charge is 0.356 e. The van der Waals surface area contributed by atoms with E-state index in [1.807, 2.05) is 11.6 Å². The van der Waals surface area contributed by atoms with E-state index in [-0.39, 0.29) is 5.41 Å². The van der Waals surface area contributed by atoms with Gasteiger partial charge in [0.1, 0.15) is 12.7 Å². The molecule has 0 saturated heterocycles. The van der Waals surface area contributed by atoms with Gasteiger partial charge < -0.3 is 15.2 Å². The maximum atomic E-state index is 4.39. The molecule has 0 bridgehead atoms. The number of aryl methyl sites for hydroxylation is 1. The highest BCUT2D eigenvalue weighted by Crippen LogP contribution is 2.40. The van der Waals surface area contributed by atoms with E-state index in [1.54, 1.807) is 12.7 Å². The van der Waals surface area contributed by atoms with Crippen molar-refractivity contribution in [3.8, 4) is 0 Å². The van der Waals surface area contributed by atoms with E-state index in [9.17, 15) is 0 Å². The first-order valence-electron chi connectivity index (χ1n) is 9.65. The maximum absolute atomic E-state index is 4.39. The predicted octanol–water partition coefficient (Wildman–Crippen LogP) is 2.74. The molecule has 1 heterocycles. The SMILES string of the molecule is CN=C(NCCCCn1cnnc1)NCC1(c2ccccc2)CCCC1. The average molecular weight is 355 g/mol. The van der Waals surface area contributed by atoms with Gasteiger partial charge in [0.25, 0.3) is 0 Å². The number of unbranched alkanes of at least 4 members (excludes halogenated alkanes) is 1. The second-order valence-corrected chi connectivity index (χ2v) is 7.11. The van der Waals surface area contributed by atoms with Crippen LogP contribution in [0.4, 0.5) is 0 Å². The van der Waals surface area contributed by atoms with Crippen molar-refractivity contribution in [2.24, 2.45) is 4.99 Å². The molecule has 1 fully saturated rings. The van der Waals surface area contributed by atoms with Crippen LogP contribution < -0.4 is 10.6 Å². The van der Waals surface area contributed by atoms with Crippen LogP contribution in [0.1, 0.15) is 44.1 Å². The van der Waals surface area contributed by atoms with Crippen molar-refractivity contribution in [3.05, 3.63) is 48.5 Å². The van der Waals surface area contributed by atoms with Crippen molar-refractivity contribution < 1.29 is 0 Å². The molecule has 1 aromatic heterocycles. The van der Waals surface area contributed by atoms with E-state index < -0.39 is 0 Å². The molecule has 0 radical (unpaired) electrons. The van der Waals surface area contributed by atoms with Gasteiger partial charge in [0, 0.05) is 32.1 Å². The van der Waals surface area contributed by atoms with E-state index in [1.165, 1.54) is 31.2 Å². The van der Waals surface area contributed by atoms with Crippen LogP contribution in [0.15, 0.2) is 48.0 Å². The number of hydrogen-bond donors (Lipinski definition) is 2. The quantitative estimate of drug-likeness (QED) is 0.435. The summed E-state index contributed by atoms with van der Waals surface area (Å²) in [6, 6.07) is 10.9. The number of hydrogen-bond acceptors (Lipinski definition) is 3. The summed E-state index contributed by atoms with van der Waals surface area (Å²) in [6.07, 6.45) is 10.8. The van der Waals surface area contributed by atoms with Crippen LogP contribution in [-0.4, -0.2) is 40.9 Å². The van der Waals surface area contributed by atoms with Gasteiger partial charge in [-0.3, -0.25) is 4.99 Å². The minimum atomic E-state index is 0.243. The molecular weight excluding hydrogens is 324 g/mol. The molecule has 1 aliphatic carbocycles. The summed E-state index contributed by atoms with van der Waals surface area (Å²) in [6.45, 7) is 2.81. The lowest BCUT2D eigenvalue weighted by molar-refractivity contribution is 0.431. The zero-order valence-electron chi connectivity index (χ0n) is 15.7. The molecule has 1 aliphatic rings. The van der Waals surface area contributed by atoms with Gasteiger partial charge in [-0.15, -0.1) is 10.2 Å². The van der Waals surface area contributed by atoms with Crippen molar-refractivity contribution >= 4 is 5.96 Å². The van der Waals surface area contributed by atoms with Gasteiger partial charge in [-0.1, -0.05) is 43.2 Å². The highest BCUT2D eigenvalue weighted by Gasteiger charge is 2.35. The monoisotopic (exact) mass is 354 g/mol. The third kappa shape index (κ3) is 4.84. The minimum Gasteiger partial charge on any atom is -0.356 e. The molecule has 26 heavy (non-hydrogen) atoms. The lowest BCUT2D eigenvalue weighted by atomic mass is 9.79. The van der Waals surface area contributed by atoms with Crippen molar-refractivity contribution in [2.75, 3.05) is 20.1 Å². The number of benzene rings is 1. The molecule has 6 heteroatoms. The second-order valence-electron chi connectivity index (χ2n) is 7.11. The Labute approximate surface area is 156 Å². The lowest BCUT2D eigenvalue weighted by Crippen LogP contribution is -2.45. The standard InChI is InChI=1S/C20H30N6/c1-21-19(22-13-7-8-14-26-16-24-25-17-26)23-15-20(11-5-6-12-20)18-9-3-2-4-10-18/h2-4,9-10,16-17H,5-8,11-15H2,1H3,(H2,21,22,23). The molecule has 0 spiro atoms. The molecule has 0 atom stereocenters. The zero-order valence-corrected chi connectivity index (χ0v) is 15.7. The molecular formula is C20H30N6. The Bertz CT molecular complexity index is 659. The van der Waals surface area contributed by atoms with Crippen LogP contribution in [0.2, 0.25) is 0 Å². The number of guanidine groups is 1. The number of nitrogens with one attached hydrogen (secondary N) is 2. The van der Waals surface area contributed by atoms with E-state index in [4.69, 9.17) is 0 Å². The van der Waals surface area contributed by atoms with Gasteiger partial charge in [-0.2, -0.15) is 0 Å². The fourth-order valence-corrected chi connectivity index (χ4v) is 3.85. The van der Waals surface area contributed by atoms with Crippen LogP contribution in [0, 0.1) is 0 Å². The molecule has 1 saturated carbocycles. The Hall–Kier alpha value is -2.37. The van der Waals surface area contributed by atoms with Crippen molar-refractivity contribution in [3.63, 3.8) is 0 Å². The summed E-state index contributed by atoms with van der Waals surface area (Å²) < 4.78 is 2.01. The third-order valence-electron chi connectivity index (χ3n) is 5.37. The predicted molar refractivity (Wildman–Crippen MR) is 105 cm³/mol. The lowest BCUT2D eigenvalue weighted by Gasteiger charge is -2.30. The summed E-state index contributed by atoms with van der Waals surface area (Å²) in [4.78, 5) is 4.39. The first kappa shape index (κ1) is 18.4. The minimum absolute atomic E-state index is 0.243. The molecule has 2 aromatic rings. The topological polar surface area (TPSA) is 67.1 Å². The molecule has 3 rings (SSSR count). The Morgan fingerprint density at radius 1 is 1.08 bits per heavy atom. The Balaban J connectivity index is 1.44. The molecule has 0 aliphatic heterocycles. The summed E-state index contributed by atoms with van der Waals surface area (Å²) in [5.74, 6) is 0.900. The molecule has 1 aromatic carbocycles. The fourth-order valence-electron chi connectivity index (χ4n) is 3.85. The number of aromatic nitrogens is 3. The van der Waals surface area contributed by atoms with Gasteiger partial charge >= 0.3 is 0 Å². The van der Waals surface area contributed by atoms with Crippen LogP contribution >= 0.6 is 0 Å². The molecule has 6 nitrogen and oxygen atoms in total. The van der Waals surface area contributed by atoms with E-state index in [0.717, 1.165) is 38.4 Å². The molecule has 2 N–H and O–H groups in total. The van der Waals surface area contributed by atoms with Gasteiger partial charge in [0.05, 0.1) is 0 Å². The molecule has 0 unspecified atom stereocenters. The molecule has 140 valence electrons. The average Bonchev–Trinajstić information content (AvgIpc) is 3.37. The maximum Gasteiger partial charge on any atom is 0.191 e. The van der Waals surface area contributed by atoms with Crippen LogP contribution in [0.25, 0.3) is 0 Å². The summed E-state index contributed by atoms with van der Waals surface area (Å²) >= 11 is 0. The number of nitrogens with zero attached hydrogens (tertiary/aromatic N) is 4. The number of aliphatic imine (C=N–C) groups is 1. The highest BCUT2D eigenvalue weighted by molar-refractivity contribution is 5.79. The zero-order chi connectivity index (χ0) is 18.1. The number of rotatable bonds is 8. The fraction of sp³-hybridized carbons (Fsp3) is 0.550. The van der Waals surface area contributed by atoms with Crippen LogP contribution in [0.5, 0.6) is 0 Å². The van der Waals surface area contributed by atoms with Gasteiger partial charge in [-0.25, -0.2) is 0 Å². The van der Waals surface area contributed by atoms with E-state index in [0.29, 0.717) is 0 Å². The highest BCUT2D eigenvalue weighted by atomic mass is 15.2. The van der Waals surface area contributed by atoms with Gasteiger partial charge in [0.2, 0.25) is 0 Å². The van der Waals surface area contributed by atoms with E-state index >= 15 is 0 Å². The van der Waals surface area contributed by atoms with E-state index in [2.05, 4.69) is 56.2 Å². The van der Waals surface area contributed by atoms with Gasteiger partial charge in [0.15, 0.2) is 5.96 Å². The van der Waals surface area contributed by atoms with Crippen LogP contribution in [-0.2, 0) is 12.0 Å². The third-order valence-corrected chi connectivity index (χ3v) is 5.37. The normalized spacial score (nSPS) is 16.6. The molecule has 0 amide bonds. The van der Waals surface area contributed by atoms with Crippen LogP contribution in [0.3, 0.4) is 0 Å². The summed E-state index contributed by atoms with van der Waals surface area (Å²) in [7, 11) is 1.84. The smallest absolute Gasteiger partial charge is 0.191 e. The van der Waals surface area contributed by atoms with Gasteiger partial charge in [-0.05, 0) is 31.2 Å². The first-order valence-corrected chi connectivity index (χ1v) is 9.65. The van der Waals surface area contributed by atoms with Crippen molar-refractivity contribution in [1.82, 2.24) is 25.4 Å². The summed E-state index contributed by atoms with van der Waals surface area (Å²) in [5, 5.41) is 14.7.